The van der Waals surface area contributed by atoms with Crippen LogP contribution < -0.4 is 4.90 Å². The van der Waals surface area contributed by atoms with Crippen LogP contribution in [0.3, 0.4) is 0 Å². The van der Waals surface area contributed by atoms with Crippen molar-refractivity contribution in [1.82, 2.24) is 9.80 Å². The van der Waals surface area contributed by atoms with Crippen LogP contribution in [-0.4, -0.2) is 60.6 Å². The van der Waals surface area contributed by atoms with E-state index in [9.17, 15) is 19.2 Å². The second-order valence-electron chi connectivity index (χ2n) is 4.58. The van der Waals surface area contributed by atoms with Gasteiger partial charge in [0.05, 0.1) is 6.54 Å². The maximum Gasteiger partial charge on any atom is 0.332 e. The predicted molar refractivity (Wildman–Crippen MR) is 74.6 cm³/mol. The van der Waals surface area contributed by atoms with Gasteiger partial charge >= 0.3 is 17.8 Å². The number of aldehydes is 1. The van der Waals surface area contributed by atoms with Crippen LogP contribution in [0.25, 0.3) is 0 Å². The van der Waals surface area contributed by atoms with Gasteiger partial charge in [-0.05, 0) is 12.1 Å². The van der Waals surface area contributed by atoms with Gasteiger partial charge in [-0.25, -0.2) is 4.79 Å². The maximum absolute atomic E-state index is 12.5. The molecule has 0 atom stereocenters. The molecule has 7 heteroatoms. The molecule has 0 aliphatic carbocycles. The van der Waals surface area contributed by atoms with E-state index in [0.29, 0.717) is 12.0 Å². The van der Waals surface area contributed by atoms with Crippen LogP contribution in [0.4, 0.5) is 10.5 Å². The number of anilines is 1. The fourth-order valence-corrected chi connectivity index (χ4v) is 2.04. The van der Waals surface area contributed by atoms with E-state index >= 15 is 0 Å². The molecule has 1 fully saturated rings. The zero-order valence-corrected chi connectivity index (χ0v) is 11.6. The first-order valence-corrected chi connectivity index (χ1v) is 6.43. The van der Waals surface area contributed by atoms with Crippen LogP contribution in [0.15, 0.2) is 30.3 Å². The number of nitrogens with zero attached hydrogens (tertiary/aromatic N) is 3. The van der Waals surface area contributed by atoms with E-state index in [1.165, 1.54) is 16.8 Å². The molecule has 1 aromatic carbocycles. The normalized spacial score (nSPS) is 15.1. The summed E-state index contributed by atoms with van der Waals surface area (Å²) in [7, 11) is 1.50. The van der Waals surface area contributed by atoms with Gasteiger partial charge in [0.1, 0.15) is 6.29 Å². The molecule has 4 amide bonds. The highest BCUT2D eigenvalue weighted by Crippen LogP contribution is 2.16. The fraction of sp³-hybridized carbons (Fsp3) is 0.286. The number of piperazine rings is 1. The largest absolute Gasteiger partial charge is 0.336 e. The molecule has 0 unspecified atom stereocenters. The van der Waals surface area contributed by atoms with Crippen molar-refractivity contribution < 1.29 is 19.2 Å². The number of imide groups is 1. The summed E-state index contributed by atoms with van der Waals surface area (Å²) >= 11 is 0. The lowest BCUT2D eigenvalue weighted by Crippen LogP contribution is -2.58. The number of urea groups is 1. The van der Waals surface area contributed by atoms with Gasteiger partial charge in [0.2, 0.25) is 0 Å². The number of carbonyl (C=O) groups is 4. The summed E-state index contributed by atoms with van der Waals surface area (Å²) in [6.45, 7) is 0.207. The van der Waals surface area contributed by atoms with E-state index in [2.05, 4.69) is 0 Å². The Hall–Kier alpha value is -2.70. The van der Waals surface area contributed by atoms with Crippen molar-refractivity contribution in [1.29, 1.82) is 0 Å². The van der Waals surface area contributed by atoms with Crippen molar-refractivity contribution >= 4 is 29.8 Å². The van der Waals surface area contributed by atoms with E-state index in [0.717, 1.165) is 4.90 Å². The molecule has 1 aliphatic heterocycles. The number of carbonyl (C=O) groups excluding carboxylic acids is 4. The topological polar surface area (TPSA) is 78.0 Å². The van der Waals surface area contributed by atoms with E-state index in [-0.39, 0.29) is 19.6 Å². The maximum atomic E-state index is 12.5. The summed E-state index contributed by atoms with van der Waals surface area (Å²) in [5.41, 5.74) is 0.494. The van der Waals surface area contributed by atoms with Crippen molar-refractivity contribution in [3.05, 3.63) is 30.3 Å². The van der Waals surface area contributed by atoms with Crippen LogP contribution in [0.5, 0.6) is 0 Å². The molecule has 1 saturated heterocycles. The van der Waals surface area contributed by atoms with Crippen LogP contribution in [0.2, 0.25) is 0 Å². The Morgan fingerprint density at radius 3 is 2.48 bits per heavy atom. The number of para-hydroxylation sites is 1. The molecule has 1 aliphatic rings. The average molecular weight is 289 g/mol. The fourth-order valence-electron chi connectivity index (χ4n) is 2.04. The van der Waals surface area contributed by atoms with Crippen molar-refractivity contribution in [3.8, 4) is 0 Å². The summed E-state index contributed by atoms with van der Waals surface area (Å²) < 4.78 is 0. The quantitative estimate of drug-likeness (QED) is 0.584. The highest BCUT2D eigenvalue weighted by molar-refractivity contribution is 6.38. The van der Waals surface area contributed by atoms with Gasteiger partial charge < -0.3 is 9.69 Å². The van der Waals surface area contributed by atoms with Gasteiger partial charge in [0.25, 0.3) is 0 Å². The standard InChI is InChI=1S/C14H15N3O4/c1-15-7-8-17(13(20)12(15)19)14(21)16(9-10-18)11-5-3-2-4-6-11/h2-6,10H,7-9H2,1H3. The highest BCUT2D eigenvalue weighted by Gasteiger charge is 2.36. The monoisotopic (exact) mass is 289 g/mol. The summed E-state index contributed by atoms with van der Waals surface area (Å²) in [5.74, 6) is -1.60. The second-order valence-corrected chi connectivity index (χ2v) is 4.58. The molecule has 0 bridgehead atoms. The second kappa shape index (κ2) is 6.17. The smallest absolute Gasteiger partial charge is 0.332 e. The lowest BCUT2D eigenvalue weighted by Gasteiger charge is -2.33. The van der Waals surface area contributed by atoms with Crippen LogP contribution >= 0.6 is 0 Å². The highest BCUT2D eigenvalue weighted by atomic mass is 16.2. The molecule has 7 nitrogen and oxygen atoms in total. The number of hydrogen-bond donors (Lipinski definition) is 0. The zero-order valence-electron chi connectivity index (χ0n) is 11.6. The van der Waals surface area contributed by atoms with E-state index in [1.807, 2.05) is 0 Å². The van der Waals surface area contributed by atoms with Crippen molar-refractivity contribution in [2.45, 2.75) is 0 Å². The van der Waals surface area contributed by atoms with E-state index < -0.39 is 17.8 Å². The first-order chi connectivity index (χ1) is 10.1. The van der Waals surface area contributed by atoms with Gasteiger partial charge in [-0.15, -0.1) is 0 Å². The van der Waals surface area contributed by atoms with Gasteiger partial charge in [-0.3, -0.25) is 19.4 Å². The SMILES string of the molecule is CN1CCN(C(=O)N(CC=O)c2ccccc2)C(=O)C1=O. The van der Waals surface area contributed by atoms with Crippen LogP contribution in [-0.2, 0) is 14.4 Å². The minimum atomic E-state index is -0.874. The molecule has 0 N–H and O–H groups in total. The van der Waals surface area contributed by atoms with E-state index in [4.69, 9.17) is 0 Å². The molecule has 110 valence electrons. The average Bonchev–Trinajstić information content (AvgIpc) is 2.51. The molecule has 1 heterocycles. The lowest BCUT2D eigenvalue weighted by atomic mass is 10.2. The summed E-state index contributed by atoms with van der Waals surface area (Å²) in [5, 5.41) is 0. The molecular formula is C14H15N3O4. The van der Waals surface area contributed by atoms with Gasteiger partial charge in [0, 0.05) is 25.8 Å². The third-order valence-corrected chi connectivity index (χ3v) is 3.22. The Bertz CT molecular complexity index is 573. The Morgan fingerprint density at radius 1 is 1.19 bits per heavy atom. The van der Waals surface area contributed by atoms with Crippen LogP contribution in [0.1, 0.15) is 0 Å². The number of benzene rings is 1. The molecular weight excluding hydrogens is 274 g/mol. The minimum Gasteiger partial charge on any atom is -0.336 e. The number of amides is 4. The number of hydrogen-bond acceptors (Lipinski definition) is 4. The van der Waals surface area contributed by atoms with Crippen molar-refractivity contribution in [2.24, 2.45) is 0 Å². The van der Waals surface area contributed by atoms with Gasteiger partial charge in [-0.2, -0.15) is 0 Å². The predicted octanol–water partition coefficient (Wildman–Crippen LogP) is 0.112. The Kier molecular flexibility index (Phi) is 4.32. The van der Waals surface area contributed by atoms with Crippen molar-refractivity contribution in [3.63, 3.8) is 0 Å². The Labute approximate surface area is 121 Å². The molecule has 0 aromatic heterocycles. The molecule has 0 radical (unpaired) electrons. The molecule has 2 rings (SSSR count). The van der Waals surface area contributed by atoms with Gasteiger partial charge in [0.15, 0.2) is 0 Å². The third-order valence-electron chi connectivity index (χ3n) is 3.22. The number of rotatable bonds is 3. The minimum absolute atomic E-state index is 0.113. The van der Waals surface area contributed by atoms with Crippen LogP contribution in [0, 0.1) is 0 Å². The van der Waals surface area contributed by atoms with Gasteiger partial charge in [-0.1, -0.05) is 18.2 Å². The Balaban J connectivity index is 2.25. The first kappa shape index (κ1) is 14.7. The lowest BCUT2D eigenvalue weighted by molar-refractivity contribution is -0.152. The molecule has 1 aromatic rings. The zero-order chi connectivity index (χ0) is 15.4. The molecule has 0 spiro atoms. The summed E-state index contributed by atoms with van der Waals surface area (Å²) in [4.78, 5) is 50.1. The third kappa shape index (κ3) is 2.91. The summed E-state index contributed by atoms with van der Waals surface area (Å²) in [6, 6.07) is 7.86. The summed E-state index contributed by atoms with van der Waals surface area (Å²) in [6.07, 6.45) is 0.577. The van der Waals surface area contributed by atoms with Crippen molar-refractivity contribution in [2.75, 3.05) is 31.6 Å². The number of likely N-dealkylation sites (N-methyl/N-ethyl adjacent to an activating group) is 1. The molecule has 0 saturated carbocycles. The van der Waals surface area contributed by atoms with E-state index in [1.54, 1.807) is 30.3 Å². The first-order valence-electron chi connectivity index (χ1n) is 6.43. The molecule has 21 heavy (non-hydrogen) atoms. The Morgan fingerprint density at radius 2 is 1.86 bits per heavy atom.